The fraction of sp³-hybridized carbons (Fsp3) is 0.125. The summed E-state index contributed by atoms with van der Waals surface area (Å²) in [7, 11) is 0. The maximum absolute atomic E-state index is 11.8. The van der Waals surface area contributed by atoms with Crippen molar-refractivity contribution in [3.05, 3.63) is 54.1 Å². The number of fused-ring (bicyclic) bond motifs is 1. The molecule has 0 bridgehead atoms. The Balaban J connectivity index is 1.56. The molecule has 1 aliphatic rings. The van der Waals surface area contributed by atoms with E-state index < -0.39 is 11.8 Å². The van der Waals surface area contributed by atoms with Gasteiger partial charge in [-0.15, -0.1) is 0 Å². The van der Waals surface area contributed by atoms with Crippen molar-refractivity contribution < 1.29 is 19.1 Å². The highest BCUT2D eigenvalue weighted by atomic mass is 16.7. The largest absolute Gasteiger partial charge is 0.454 e. The smallest absolute Gasteiger partial charge is 0.313 e. The molecule has 0 atom stereocenters. The first kappa shape index (κ1) is 13.9. The second-order valence-corrected chi connectivity index (χ2v) is 4.69. The van der Waals surface area contributed by atoms with Crippen molar-refractivity contribution in [2.24, 2.45) is 0 Å². The number of anilines is 1. The Labute approximate surface area is 127 Å². The summed E-state index contributed by atoms with van der Waals surface area (Å²) in [6.45, 7) is 0.457. The van der Waals surface area contributed by atoms with Gasteiger partial charge in [0.2, 0.25) is 6.79 Å². The van der Waals surface area contributed by atoms with Crippen molar-refractivity contribution in [2.75, 3.05) is 12.1 Å². The standard InChI is InChI=1S/C16H14N2O4/c19-15(17-9-11-4-2-1-3-5-11)16(20)18-12-6-7-13-14(8-12)22-10-21-13/h1-8H,9-10H2,(H,17,19)(H,18,20). The van der Waals surface area contributed by atoms with Crippen LogP contribution in [-0.4, -0.2) is 18.6 Å². The SMILES string of the molecule is O=C(NCc1ccccc1)C(=O)Nc1ccc2c(c1)OCO2. The third-order valence-electron chi connectivity index (χ3n) is 3.13. The Morgan fingerprint density at radius 1 is 0.955 bits per heavy atom. The van der Waals surface area contributed by atoms with Gasteiger partial charge in [0.05, 0.1) is 0 Å². The molecule has 6 nitrogen and oxygen atoms in total. The van der Waals surface area contributed by atoms with Crippen molar-refractivity contribution in [3.63, 3.8) is 0 Å². The molecule has 2 amide bonds. The number of hydrogen-bond donors (Lipinski definition) is 2. The zero-order valence-electron chi connectivity index (χ0n) is 11.7. The molecule has 1 heterocycles. The van der Waals surface area contributed by atoms with Crippen LogP contribution in [0.3, 0.4) is 0 Å². The molecule has 0 fully saturated rings. The highest BCUT2D eigenvalue weighted by Gasteiger charge is 2.17. The molecule has 0 saturated heterocycles. The lowest BCUT2D eigenvalue weighted by atomic mass is 10.2. The van der Waals surface area contributed by atoms with Gasteiger partial charge in [-0.25, -0.2) is 0 Å². The quantitative estimate of drug-likeness (QED) is 0.845. The molecule has 0 aliphatic carbocycles. The highest BCUT2D eigenvalue weighted by molar-refractivity contribution is 6.39. The highest BCUT2D eigenvalue weighted by Crippen LogP contribution is 2.34. The molecule has 2 aromatic carbocycles. The average Bonchev–Trinajstić information content (AvgIpc) is 3.01. The van der Waals surface area contributed by atoms with Crippen LogP contribution < -0.4 is 20.1 Å². The van der Waals surface area contributed by atoms with Gasteiger partial charge in [-0.2, -0.15) is 0 Å². The first-order valence-corrected chi connectivity index (χ1v) is 6.75. The van der Waals surface area contributed by atoms with E-state index in [1.807, 2.05) is 30.3 Å². The number of carbonyl (C=O) groups excluding carboxylic acids is 2. The molecule has 22 heavy (non-hydrogen) atoms. The summed E-state index contributed by atoms with van der Waals surface area (Å²) in [5.74, 6) is -0.259. The minimum Gasteiger partial charge on any atom is -0.454 e. The predicted octanol–water partition coefficient (Wildman–Crippen LogP) is 1.67. The lowest BCUT2D eigenvalue weighted by Gasteiger charge is -2.07. The number of hydrogen-bond acceptors (Lipinski definition) is 4. The van der Waals surface area contributed by atoms with E-state index in [4.69, 9.17) is 9.47 Å². The molecule has 0 unspecified atom stereocenters. The van der Waals surface area contributed by atoms with Crippen LogP contribution in [0.4, 0.5) is 5.69 Å². The van der Waals surface area contributed by atoms with Crippen molar-refractivity contribution in [3.8, 4) is 11.5 Å². The van der Waals surface area contributed by atoms with Gasteiger partial charge in [0, 0.05) is 18.3 Å². The summed E-state index contributed by atoms with van der Waals surface area (Å²) in [6.07, 6.45) is 0. The Bertz CT molecular complexity index is 701. The van der Waals surface area contributed by atoms with Crippen molar-refractivity contribution in [1.29, 1.82) is 0 Å². The van der Waals surface area contributed by atoms with Gasteiger partial charge < -0.3 is 20.1 Å². The van der Waals surface area contributed by atoms with Crippen molar-refractivity contribution in [2.45, 2.75) is 6.54 Å². The Morgan fingerprint density at radius 3 is 2.55 bits per heavy atom. The predicted molar refractivity (Wildman–Crippen MR) is 79.5 cm³/mol. The zero-order valence-corrected chi connectivity index (χ0v) is 11.7. The van der Waals surface area contributed by atoms with Crippen LogP contribution >= 0.6 is 0 Å². The van der Waals surface area contributed by atoms with Crippen LogP contribution in [0.1, 0.15) is 5.56 Å². The summed E-state index contributed by atoms with van der Waals surface area (Å²) in [6, 6.07) is 14.3. The number of amides is 2. The van der Waals surface area contributed by atoms with E-state index in [0.29, 0.717) is 23.7 Å². The summed E-state index contributed by atoms with van der Waals surface area (Å²) in [5.41, 5.74) is 1.40. The molecular formula is C16H14N2O4. The minimum atomic E-state index is -0.727. The van der Waals surface area contributed by atoms with E-state index in [1.165, 1.54) is 0 Å². The molecule has 0 aromatic heterocycles. The Hall–Kier alpha value is -3.02. The number of benzene rings is 2. The van der Waals surface area contributed by atoms with Crippen LogP contribution in [0.25, 0.3) is 0 Å². The number of nitrogens with one attached hydrogen (secondary N) is 2. The number of carbonyl (C=O) groups is 2. The second-order valence-electron chi connectivity index (χ2n) is 4.69. The minimum absolute atomic E-state index is 0.157. The summed E-state index contributed by atoms with van der Waals surface area (Å²) >= 11 is 0. The summed E-state index contributed by atoms with van der Waals surface area (Å²) in [4.78, 5) is 23.6. The van der Waals surface area contributed by atoms with Gasteiger partial charge in [-0.1, -0.05) is 30.3 Å². The maximum atomic E-state index is 11.8. The molecule has 3 rings (SSSR count). The Kier molecular flexibility index (Phi) is 3.91. The van der Waals surface area contributed by atoms with E-state index in [-0.39, 0.29) is 6.79 Å². The third-order valence-corrected chi connectivity index (χ3v) is 3.13. The van der Waals surface area contributed by atoms with Crippen LogP contribution in [0, 0.1) is 0 Å². The van der Waals surface area contributed by atoms with Gasteiger partial charge in [0.25, 0.3) is 0 Å². The van der Waals surface area contributed by atoms with E-state index in [1.54, 1.807) is 18.2 Å². The number of rotatable bonds is 3. The summed E-state index contributed by atoms with van der Waals surface area (Å²) in [5, 5.41) is 5.09. The average molecular weight is 298 g/mol. The van der Waals surface area contributed by atoms with Gasteiger partial charge in [0.1, 0.15) is 0 Å². The lowest BCUT2D eigenvalue weighted by molar-refractivity contribution is -0.136. The van der Waals surface area contributed by atoms with Gasteiger partial charge in [-0.05, 0) is 17.7 Å². The van der Waals surface area contributed by atoms with E-state index in [9.17, 15) is 9.59 Å². The molecule has 0 saturated carbocycles. The normalized spacial score (nSPS) is 11.8. The molecule has 0 radical (unpaired) electrons. The topological polar surface area (TPSA) is 76.7 Å². The fourth-order valence-electron chi connectivity index (χ4n) is 2.02. The van der Waals surface area contributed by atoms with Gasteiger partial charge >= 0.3 is 11.8 Å². The monoisotopic (exact) mass is 298 g/mol. The van der Waals surface area contributed by atoms with Crippen LogP contribution in [0.15, 0.2) is 48.5 Å². The van der Waals surface area contributed by atoms with Gasteiger partial charge in [0.15, 0.2) is 11.5 Å². The van der Waals surface area contributed by atoms with Crippen molar-refractivity contribution in [1.82, 2.24) is 5.32 Å². The molecular weight excluding hydrogens is 284 g/mol. The third kappa shape index (κ3) is 3.17. The first-order valence-electron chi connectivity index (χ1n) is 6.75. The molecule has 6 heteroatoms. The van der Waals surface area contributed by atoms with Crippen LogP contribution in [0.5, 0.6) is 11.5 Å². The Morgan fingerprint density at radius 2 is 1.73 bits per heavy atom. The van der Waals surface area contributed by atoms with E-state index >= 15 is 0 Å². The fourth-order valence-corrected chi connectivity index (χ4v) is 2.02. The first-order chi connectivity index (χ1) is 10.7. The number of ether oxygens (including phenoxy) is 2. The van der Waals surface area contributed by atoms with E-state index in [2.05, 4.69) is 10.6 Å². The van der Waals surface area contributed by atoms with Crippen LogP contribution in [0.2, 0.25) is 0 Å². The zero-order chi connectivity index (χ0) is 15.4. The van der Waals surface area contributed by atoms with Gasteiger partial charge in [-0.3, -0.25) is 9.59 Å². The van der Waals surface area contributed by atoms with Crippen LogP contribution in [-0.2, 0) is 16.1 Å². The lowest BCUT2D eigenvalue weighted by Crippen LogP contribution is -2.34. The van der Waals surface area contributed by atoms with Crippen molar-refractivity contribution >= 4 is 17.5 Å². The molecule has 2 N–H and O–H groups in total. The maximum Gasteiger partial charge on any atom is 0.313 e. The molecule has 2 aromatic rings. The van der Waals surface area contributed by atoms with E-state index in [0.717, 1.165) is 5.56 Å². The molecule has 112 valence electrons. The molecule has 0 spiro atoms. The molecule has 1 aliphatic heterocycles. The second kappa shape index (κ2) is 6.17. The summed E-state index contributed by atoms with van der Waals surface area (Å²) < 4.78 is 10.4.